The van der Waals surface area contributed by atoms with E-state index in [-0.39, 0.29) is 12.2 Å². The number of hydrogen-bond acceptors (Lipinski definition) is 7. The molecule has 3 aromatic carbocycles. The average molecular weight is 557 g/mol. The van der Waals surface area contributed by atoms with Gasteiger partial charge >= 0.3 is 5.97 Å². The van der Waals surface area contributed by atoms with Crippen LogP contribution in [0.25, 0.3) is 6.08 Å². The summed E-state index contributed by atoms with van der Waals surface area (Å²) in [7, 11) is 0. The van der Waals surface area contributed by atoms with Crippen LogP contribution in [0, 0.1) is 0 Å². The van der Waals surface area contributed by atoms with Crippen molar-refractivity contribution >= 4 is 35.1 Å². The maximum atomic E-state index is 13.9. The number of carbonyl (C=O) groups excluding carboxylic acids is 1. The van der Waals surface area contributed by atoms with Gasteiger partial charge in [-0.15, -0.1) is 11.8 Å². The van der Waals surface area contributed by atoms with Crippen LogP contribution in [0.4, 0.5) is 0 Å². The minimum Gasteiger partial charge on any atom is -0.488 e. The maximum Gasteiger partial charge on any atom is 0.338 e. The summed E-state index contributed by atoms with van der Waals surface area (Å²) in [5.74, 6) is 0.214. The molecule has 8 heteroatoms. The van der Waals surface area contributed by atoms with E-state index in [2.05, 4.69) is 4.99 Å². The number of rotatable bonds is 8. The first kappa shape index (κ1) is 26.7. The van der Waals surface area contributed by atoms with E-state index in [1.165, 1.54) is 11.3 Å². The number of nitrogens with zero attached hydrogens (tertiary/aromatic N) is 2. The van der Waals surface area contributed by atoms with Crippen LogP contribution in [0.1, 0.15) is 36.6 Å². The number of hydrogen-bond donors (Lipinski definition) is 0. The molecule has 1 aliphatic rings. The molecule has 0 saturated heterocycles. The first-order valence-electron chi connectivity index (χ1n) is 12.6. The minimum absolute atomic E-state index is 0.218. The molecule has 0 aliphatic carbocycles. The summed E-state index contributed by atoms with van der Waals surface area (Å²) in [5.41, 5.74) is 3.38. The second-order valence-corrected chi connectivity index (χ2v) is 10.8. The monoisotopic (exact) mass is 556 g/mol. The van der Waals surface area contributed by atoms with E-state index in [9.17, 15) is 9.59 Å². The predicted octanol–water partition coefficient (Wildman–Crippen LogP) is 5.10. The Kier molecular flexibility index (Phi) is 8.14. The van der Waals surface area contributed by atoms with Crippen LogP contribution in [0.15, 0.2) is 105 Å². The Labute approximate surface area is 235 Å². The van der Waals surface area contributed by atoms with Crippen molar-refractivity contribution in [3.8, 4) is 5.75 Å². The molecule has 1 atom stereocenters. The Hall–Kier alpha value is -3.88. The molecule has 0 saturated carbocycles. The van der Waals surface area contributed by atoms with Gasteiger partial charge in [0, 0.05) is 10.5 Å². The second-order valence-electron chi connectivity index (χ2n) is 8.89. The van der Waals surface area contributed by atoms with Crippen LogP contribution in [0.5, 0.6) is 5.75 Å². The third-order valence-electron chi connectivity index (χ3n) is 6.39. The third-order valence-corrected chi connectivity index (χ3v) is 8.12. The lowest BCUT2D eigenvalue weighted by atomic mass is 9.96. The van der Waals surface area contributed by atoms with Gasteiger partial charge < -0.3 is 9.47 Å². The maximum absolute atomic E-state index is 13.9. The Balaban J connectivity index is 1.60. The lowest BCUT2D eigenvalue weighted by Gasteiger charge is -2.24. The normalized spacial score (nSPS) is 15.1. The molecule has 0 fully saturated rings. The number of fused-ring (bicyclic) bond motifs is 1. The lowest BCUT2D eigenvalue weighted by Crippen LogP contribution is -2.39. The van der Waals surface area contributed by atoms with Gasteiger partial charge in [0.25, 0.3) is 5.56 Å². The molecule has 0 bridgehead atoms. The molecule has 0 radical (unpaired) electrons. The van der Waals surface area contributed by atoms with Crippen molar-refractivity contribution in [3.63, 3.8) is 0 Å². The van der Waals surface area contributed by atoms with Gasteiger partial charge in [0.1, 0.15) is 12.4 Å². The molecule has 1 aliphatic heterocycles. The summed E-state index contributed by atoms with van der Waals surface area (Å²) in [5, 5.41) is 0. The topological polar surface area (TPSA) is 69.9 Å². The zero-order chi connectivity index (χ0) is 27.4. The number of thioether (sulfide) groups is 1. The van der Waals surface area contributed by atoms with Crippen LogP contribution in [-0.2, 0) is 16.1 Å². The van der Waals surface area contributed by atoms with Gasteiger partial charge in [-0.3, -0.25) is 9.36 Å². The molecule has 1 aromatic heterocycles. The van der Waals surface area contributed by atoms with E-state index >= 15 is 0 Å². The van der Waals surface area contributed by atoms with Crippen molar-refractivity contribution in [3.05, 3.63) is 127 Å². The molecule has 5 rings (SSSR count). The summed E-state index contributed by atoms with van der Waals surface area (Å²) in [4.78, 5) is 33.3. The van der Waals surface area contributed by atoms with Crippen LogP contribution in [-0.4, -0.2) is 23.4 Å². The SMILES string of the molecule is CCOC(=O)C1=C(C)N=c2s/c(=C\c3ccccc3OCc3ccccc3)c(=O)n2[C@@H]1c1ccc(SC)cc1. The standard InChI is InChI=1S/C31H28N2O4S2/c1-4-36-30(35)27-20(2)32-31-33(28(27)22-14-16-24(38-3)17-15-22)29(34)26(39-31)18-23-12-8-9-13-25(23)37-19-21-10-6-5-7-11-21/h5-18,28H,4,19H2,1-3H3/b26-18-/t28-/m1/s1. The summed E-state index contributed by atoms with van der Waals surface area (Å²) in [6.45, 7) is 4.21. The van der Waals surface area contributed by atoms with E-state index in [4.69, 9.17) is 9.47 Å². The minimum atomic E-state index is -0.636. The van der Waals surface area contributed by atoms with Crippen molar-refractivity contribution in [1.82, 2.24) is 4.57 Å². The highest BCUT2D eigenvalue weighted by Crippen LogP contribution is 2.31. The van der Waals surface area contributed by atoms with Crippen LogP contribution >= 0.6 is 23.1 Å². The van der Waals surface area contributed by atoms with Crippen molar-refractivity contribution in [1.29, 1.82) is 0 Å². The fraction of sp³-hybridized carbons (Fsp3) is 0.194. The highest BCUT2D eigenvalue weighted by atomic mass is 32.2. The molecule has 0 amide bonds. The Morgan fingerprint density at radius 1 is 1.05 bits per heavy atom. The van der Waals surface area contributed by atoms with Gasteiger partial charge in [0.05, 0.1) is 28.5 Å². The molecule has 39 heavy (non-hydrogen) atoms. The van der Waals surface area contributed by atoms with Crippen molar-refractivity contribution in [2.75, 3.05) is 12.9 Å². The van der Waals surface area contributed by atoms with E-state index in [1.807, 2.05) is 91.2 Å². The number of thiazole rings is 1. The Morgan fingerprint density at radius 2 is 1.77 bits per heavy atom. The van der Waals surface area contributed by atoms with Gasteiger partial charge in [-0.25, -0.2) is 9.79 Å². The molecule has 0 unspecified atom stereocenters. The van der Waals surface area contributed by atoms with E-state index < -0.39 is 12.0 Å². The number of ether oxygens (including phenoxy) is 2. The Morgan fingerprint density at radius 3 is 2.49 bits per heavy atom. The van der Waals surface area contributed by atoms with Gasteiger partial charge in [0.2, 0.25) is 0 Å². The number of para-hydroxylation sites is 1. The second kappa shape index (κ2) is 11.9. The number of aromatic nitrogens is 1. The molecule has 0 N–H and O–H groups in total. The van der Waals surface area contributed by atoms with Crippen LogP contribution < -0.4 is 19.6 Å². The average Bonchev–Trinajstić information content (AvgIpc) is 3.26. The van der Waals surface area contributed by atoms with Gasteiger partial charge in [0.15, 0.2) is 4.80 Å². The fourth-order valence-electron chi connectivity index (χ4n) is 4.50. The molecular formula is C31H28N2O4S2. The zero-order valence-electron chi connectivity index (χ0n) is 21.9. The summed E-state index contributed by atoms with van der Waals surface area (Å²) in [6.07, 6.45) is 3.84. The van der Waals surface area contributed by atoms with Gasteiger partial charge in [-0.1, -0.05) is 72.0 Å². The fourth-order valence-corrected chi connectivity index (χ4v) is 5.95. The number of esters is 1. The van der Waals surface area contributed by atoms with Gasteiger partial charge in [-0.05, 0) is 55.5 Å². The predicted molar refractivity (Wildman–Crippen MR) is 156 cm³/mol. The van der Waals surface area contributed by atoms with E-state index in [1.54, 1.807) is 30.2 Å². The Bertz CT molecular complexity index is 1700. The quantitative estimate of drug-likeness (QED) is 0.223. The summed E-state index contributed by atoms with van der Waals surface area (Å²) < 4.78 is 13.6. The first-order chi connectivity index (χ1) is 19.0. The molecule has 198 valence electrons. The van der Waals surface area contributed by atoms with E-state index in [0.29, 0.717) is 33.0 Å². The van der Waals surface area contributed by atoms with Gasteiger partial charge in [-0.2, -0.15) is 0 Å². The van der Waals surface area contributed by atoms with Crippen LogP contribution in [0.3, 0.4) is 0 Å². The van der Waals surface area contributed by atoms with Crippen LogP contribution in [0.2, 0.25) is 0 Å². The highest BCUT2D eigenvalue weighted by Gasteiger charge is 2.33. The molecule has 2 heterocycles. The number of benzene rings is 3. The van der Waals surface area contributed by atoms with Crippen molar-refractivity contribution < 1.29 is 14.3 Å². The molecular weight excluding hydrogens is 528 g/mol. The van der Waals surface area contributed by atoms with E-state index in [0.717, 1.165) is 21.6 Å². The largest absolute Gasteiger partial charge is 0.488 e. The summed E-state index contributed by atoms with van der Waals surface area (Å²) >= 11 is 2.93. The molecule has 4 aromatic rings. The first-order valence-corrected chi connectivity index (χ1v) is 14.6. The third kappa shape index (κ3) is 5.62. The molecule has 6 nitrogen and oxygen atoms in total. The smallest absolute Gasteiger partial charge is 0.338 e. The number of carbonyl (C=O) groups is 1. The zero-order valence-corrected chi connectivity index (χ0v) is 23.6. The van der Waals surface area contributed by atoms with Crippen molar-refractivity contribution in [2.24, 2.45) is 4.99 Å². The lowest BCUT2D eigenvalue weighted by molar-refractivity contribution is -0.139. The highest BCUT2D eigenvalue weighted by molar-refractivity contribution is 7.98. The number of allylic oxidation sites excluding steroid dienone is 1. The summed E-state index contributed by atoms with van der Waals surface area (Å²) in [6, 6.07) is 24.8. The van der Waals surface area contributed by atoms with Crippen molar-refractivity contribution in [2.45, 2.75) is 31.4 Å². The molecule has 0 spiro atoms.